The summed E-state index contributed by atoms with van der Waals surface area (Å²) in [5, 5.41) is 1.56. The number of rotatable bonds is 5. The largest absolute Gasteiger partial charge is 0.393 e. The Bertz CT molecular complexity index is 199. The second kappa shape index (κ2) is 6.71. The third-order valence-electron chi connectivity index (χ3n) is 2.64. The number of hydrogen-bond acceptors (Lipinski definition) is 3. The van der Waals surface area contributed by atoms with Crippen molar-refractivity contribution in [2.45, 2.75) is 43.6 Å². The van der Waals surface area contributed by atoms with Gasteiger partial charge in [-0.25, -0.2) is 0 Å². The van der Waals surface area contributed by atoms with Gasteiger partial charge in [-0.15, -0.1) is 0 Å². The van der Waals surface area contributed by atoms with Gasteiger partial charge in [-0.3, -0.25) is 0 Å². The van der Waals surface area contributed by atoms with Crippen LogP contribution >= 0.6 is 24.0 Å². The molecule has 2 atom stereocenters. The summed E-state index contributed by atoms with van der Waals surface area (Å²) in [5.41, 5.74) is 5.47. The summed E-state index contributed by atoms with van der Waals surface area (Å²) < 4.78 is 0. The Balaban J connectivity index is 2.12. The van der Waals surface area contributed by atoms with Crippen LogP contribution in [0, 0.1) is 0 Å². The zero-order valence-electron chi connectivity index (χ0n) is 9.74. The Morgan fingerprint density at radius 2 is 1.93 bits per heavy atom. The van der Waals surface area contributed by atoms with Crippen LogP contribution in [0.2, 0.25) is 0 Å². The Hall–Kier alpha value is 0.200. The molecule has 1 heterocycles. The molecule has 2 nitrogen and oxygen atoms in total. The highest BCUT2D eigenvalue weighted by atomic mass is 32.2. The number of nitrogens with zero attached hydrogens (tertiary/aromatic N) is 1. The van der Waals surface area contributed by atoms with Crippen molar-refractivity contribution < 1.29 is 0 Å². The highest BCUT2D eigenvalue weighted by molar-refractivity contribution is 8.00. The van der Waals surface area contributed by atoms with Crippen LogP contribution in [-0.2, 0) is 0 Å². The number of hydrogen-bond donors (Lipinski definition) is 1. The molecule has 4 heteroatoms. The maximum absolute atomic E-state index is 5.47. The molecule has 1 aliphatic rings. The average Bonchev–Trinajstić information content (AvgIpc) is 2.10. The summed E-state index contributed by atoms with van der Waals surface area (Å²) in [7, 11) is 0. The zero-order chi connectivity index (χ0) is 11.3. The number of thioether (sulfide) groups is 1. The standard InChI is InChI=1S/C11H22N2S2/c1-9-7-13(8-10(2)15-9)6-4-3-5-11(12)14/h9-10H,3-8H2,1-2H3,(H2,12,14). The van der Waals surface area contributed by atoms with Gasteiger partial charge in [0.25, 0.3) is 0 Å². The van der Waals surface area contributed by atoms with Gasteiger partial charge < -0.3 is 10.6 Å². The summed E-state index contributed by atoms with van der Waals surface area (Å²) in [5.74, 6) is 0. The van der Waals surface area contributed by atoms with E-state index in [2.05, 4.69) is 30.5 Å². The molecule has 1 rings (SSSR count). The van der Waals surface area contributed by atoms with E-state index in [0.717, 1.165) is 23.3 Å². The molecule has 0 amide bonds. The van der Waals surface area contributed by atoms with Crippen LogP contribution in [-0.4, -0.2) is 40.0 Å². The maximum Gasteiger partial charge on any atom is 0.0727 e. The van der Waals surface area contributed by atoms with E-state index in [0.29, 0.717) is 4.99 Å². The molecule has 0 aromatic rings. The van der Waals surface area contributed by atoms with Gasteiger partial charge in [0.2, 0.25) is 0 Å². The Morgan fingerprint density at radius 3 is 2.47 bits per heavy atom. The van der Waals surface area contributed by atoms with Crippen molar-refractivity contribution in [2.24, 2.45) is 5.73 Å². The van der Waals surface area contributed by atoms with Crippen LogP contribution in [0.1, 0.15) is 33.1 Å². The first-order chi connectivity index (χ1) is 7.08. The Labute approximate surface area is 103 Å². The summed E-state index contributed by atoms with van der Waals surface area (Å²) in [6.07, 6.45) is 3.27. The lowest BCUT2D eigenvalue weighted by Crippen LogP contribution is -2.40. The molecule has 0 radical (unpaired) electrons. The van der Waals surface area contributed by atoms with E-state index < -0.39 is 0 Å². The predicted molar refractivity (Wildman–Crippen MR) is 73.6 cm³/mol. The second-order valence-corrected chi connectivity index (χ2v) is 6.85. The summed E-state index contributed by atoms with van der Waals surface area (Å²) >= 11 is 6.97. The lowest BCUT2D eigenvalue weighted by atomic mass is 10.2. The van der Waals surface area contributed by atoms with Crippen molar-refractivity contribution in [2.75, 3.05) is 19.6 Å². The van der Waals surface area contributed by atoms with Gasteiger partial charge in [0.05, 0.1) is 4.99 Å². The van der Waals surface area contributed by atoms with E-state index in [-0.39, 0.29) is 0 Å². The first-order valence-electron chi connectivity index (χ1n) is 5.74. The fourth-order valence-corrected chi connectivity index (χ4v) is 3.63. The van der Waals surface area contributed by atoms with Crippen LogP contribution in [0.5, 0.6) is 0 Å². The van der Waals surface area contributed by atoms with E-state index >= 15 is 0 Å². The minimum atomic E-state index is 0.658. The van der Waals surface area contributed by atoms with Gasteiger partial charge in [0.15, 0.2) is 0 Å². The van der Waals surface area contributed by atoms with Crippen LogP contribution in [0.25, 0.3) is 0 Å². The van der Waals surface area contributed by atoms with E-state index in [1.54, 1.807) is 0 Å². The van der Waals surface area contributed by atoms with Crippen molar-refractivity contribution in [3.63, 3.8) is 0 Å². The molecular formula is C11H22N2S2. The Morgan fingerprint density at radius 1 is 1.33 bits per heavy atom. The highest BCUT2D eigenvalue weighted by Gasteiger charge is 2.21. The van der Waals surface area contributed by atoms with Gasteiger partial charge in [-0.1, -0.05) is 26.1 Å². The van der Waals surface area contributed by atoms with Crippen LogP contribution in [0.3, 0.4) is 0 Å². The molecule has 0 aromatic heterocycles. The molecule has 0 saturated carbocycles. The van der Waals surface area contributed by atoms with Crippen molar-refractivity contribution >= 4 is 29.0 Å². The SMILES string of the molecule is CC1CN(CCCCC(N)=S)CC(C)S1. The monoisotopic (exact) mass is 246 g/mol. The zero-order valence-corrected chi connectivity index (χ0v) is 11.4. The van der Waals surface area contributed by atoms with Gasteiger partial charge >= 0.3 is 0 Å². The van der Waals surface area contributed by atoms with Crippen LogP contribution in [0.15, 0.2) is 0 Å². The second-order valence-electron chi connectivity index (χ2n) is 4.44. The normalized spacial score (nSPS) is 27.9. The van der Waals surface area contributed by atoms with Crippen LogP contribution < -0.4 is 5.73 Å². The number of unbranched alkanes of at least 4 members (excludes halogenated alkanes) is 1. The third kappa shape index (κ3) is 5.73. The smallest absolute Gasteiger partial charge is 0.0727 e. The van der Waals surface area contributed by atoms with Gasteiger partial charge in [-0.2, -0.15) is 11.8 Å². The summed E-state index contributed by atoms with van der Waals surface area (Å²) in [4.78, 5) is 3.23. The first-order valence-corrected chi connectivity index (χ1v) is 7.09. The van der Waals surface area contributed by atoms with E-state index in [1.165, 1.54) is 26.1 Å². The molecule has 15 heavy (non-hydrogen) atoms. The minimum absolute atomic E-state index is 0.658. The highest BCUT2D eigenvalue weighted by Crippen LogP contribution is 2.24. The summed E-state index contributed by atoms with van der Waals surface area (Å²) in [6, 6.07) is 0. The number of thiocarbonyl (C=S) groups is 1. The third-order valence-corrected chi connectivity index (χ3v) is 4.07. The molecule has 2 N–H and O–H groups in total. The predicted octanol–water partition coefficient (Wildman–Crippen LogP) is 2.27. The molecule has 1 fully saturated rings. The maximum atomic E-state index is 5.47. The molecule has 1 aliphatic heterocycles. The molecule has 0 aromatic carbocycles. The quantitative estimate of drug-likeness (QED) is 0.595. The fraction of sp³-hybridized carbons (Fsp3) is 0.909. The van der Waals surface area contributed by atoms with E-state index in [9.17, 15) is 0 Å². The van der Waals surface area contributed by atoms with Gasteiger partial charge in [0, 0.05) is 23.6 Å². The lowest BCUT2D eigenvalue weighted by Gasteiger charge is -2.34. The van der Waals surface area contributed by atoms with Gasteiger partial charge in [-0.05, 0) is 25.8 Å². The molecule has 1 saturated heterocycles. The summed E-state index contributed by atoms with van der Waals surface area (Å²) in [6.45, 7) is 8.33. The van der Waals surface area contributed by atoms with Crippen molar-refractivity contribution in [3.8, 4) is 0 Å². The molecule has 0 aliphatic carbocycles. The van der Waals surface area contributed by atoms with Crippen molar-refractivity contribution in [1.29, 1.82) is 0 Å². The van der Waals surface area contributed by atoms with E-state index in [1.807, 2.05) is 0 Å². The van der Waals surface area contributed by atoms with Crippen molar-refractivity contribution in [1.82, 2.24) is 4.90 Å². The molecule has 88 valence electrons. The van der Waals surface area contributed by atoms with Crippen molar-refractivity contribution in [3.05, 3.63) is 0 Å². The average molecular weight is 246 g/mol. The number of nitrogens with two attached hydrogens (primary N) is 1. The van der Waals surface area contributed by atoms with Crippen LogP contribution in [0.4, 0.5) is 0 Å². The van der Waals surface area contributed by atoms with E-state index in [4.69, 9.17) is 18.0 Å². The van der Waals surface area contributed by atoms with Gasteiger partial charge in [0.1, 0.15) is 0 Å². The minimum Gasteiger partial charge on any atom is -0.393 e. The fourth-order valence-electron chi connectivity index (χ4n) is 2.10. The molecule has 2 unspecified atom stereocenters. The topological polar surface area (TPSA) is 29.3 Å². The Kier molecular flexibility index (Phi) is 5.94. The molecule has 0 spiro atoms. The molecule has 0 bridgehead atoms. The lowest BCUT2D eigenvalue weighted by molar-refractivity contribution is 0.266. The first kappa shape index (κ1) is 13.3. The molecular weight excluding hydrogens is 224 g/mol.